The number of hydrogen-bond acceptors (Lipinski definition) is 21. The number of phenolic OH excluding ortho intramolecular Hbond substituents is 1. The number of aliphatic hydroxyl groups is 2. The van der Waals surface area contributed by atoms with Gasteiger partial charge in [-0.2, -0.15) is 23.5 Å². The van der Waals surface area contributed by atoms with Crippen LogP contribution >= 0.6 is 23.5 Å². The number of aliphatic imine (C=N–C) groups is 1. The van der Waals surface area contributed by atoms with Gasteiger partial charge in [-0.25, -0.2) is 0 Å². The van der Waals surface area contributed by atoms with E-state index in [2.05, 4.69) is 70.4 Å². The van der Waals surface area contributed by atoms with E-state index >= 15 is 0 Å². The molecule has 1 aromatic carbocycles. The summed E-state index contributed by atoms with van der Waals surface area (Å²) >= 11 is 2.78. The van der Waals surface area contributed by atoms with Crippen LogP contribution in [0.5, 0.6) is 5.75 Å². The average molecular weight is 1540 g/mol. The number of unbranched alkanes of at least 4 members (excludes halogenated alkanes) is 14. The molecule has 0 saturated carbocycles. The number of primary amides is 2. The Morgan fingerprint density at radius 3 is 1.30 bits per heavy atom. The number of nitrogens with one attached hydrogen (secondary N) is 11. The molecule has 602 valence electrons. The molecule has 1 aromatic rings. The van der Waals surface area contributed by atoms with E-state index in [9.17, 15) is 77.6 Å². The van der Waals surface area contributed by atoms with E-state index in [1.165, 1.54) is 113 Å². The first kappa shape index (κ1) is 96.0. The highest BCUT2D eigenvalue weighted by Crippen LogP contribution is 2.16. The van der Waals surface area contributed by atoms with Crippen LogP contribution < -0.4 is 92.9 Å². The molecule has 106 heavy (non-hydrogen) atoms. The summed E-state index contributed by atoms with van der Waals surface area (Å²) in [6.45, 7) is 3.40. The number of guanidine groups is 1. The van der Waals surface area contributed by atoms with Crippen LogP contribution in [0.3, 0.4) is 0 Å². The Kier molecular flexibility index (Phi) is 51.7. The molecule has 1 rings (SSSR count). The summed E-state index contributed by atoms with van der Waals surface area (Å²) in [5, 5.41) is 58.3. The van der Waals surface area contributed by atoms with Crippen molar-refractivity contribution in [1.82, 2.24) is 58.5 Å². The monoisotopic (exact) mass is 1540 g/mol. The highest BCUT2D eigenvalue weighted by molar-refractivity contribution is 7.98. The number of rotatable bonds is 61. The number of thioether (sulfide) groups is 2. The van der Waals surface area contributed by atoms with Gasteiger partial charge >= 0.3 is 0 Å². The van der Waals surface area contributed by atoms with E-state index in [1.54, 1.807) is 6.26 Å². The number of amides is 13. The Balaban J connectivity index is 3.44. The molecule has 0 heterocycles. The minimum Gasteiger partial charge on any atom is -0.508 e. The lowest BCUT2D eigenvalue weighted by atomic mass is 10.0. The van der Waals surface area contributed by atoms with Crippen LogP contribution in [-0.2, 0) is 68.7 Å². The molecule has 0 unspecified atom stereocenters. The van der Waals surface area contributed by atoms with E-state index < -0.39 is 163 Å². The van der Waals surface area contributed by atoms with Crippen LogP contribution in [0.25, 0.3) is 0 Å². The van der Waals surface area contributed by atoms with Crippen LogP contribution in [0.2, 0.25) is 0 Å². The van der Waals surface area contributed by atoms with Crippen molar-refractivity contribution < 1.29 is 77.6 Å². The van der Waals surface area contributed by atoms with Crippen molar-refractivity contribution in [3.05, 3.63) is 29.8 Å². The van der Waals surface area contributed by atoms with Gasteiger partial charge in [-0.15, -0.1) is 0 Å². The quantitative estimate of drug-likeness (QED) is 0.0197. The molecule has 26 N–H and O–H groups in total. The summed E-state index contributed by atoms with van der Waals surface area (Å²) < 4.78 is 0. The molecule has 0 aliphatic carbocycles. The fraction of sp³-hybridized carbons (Fsp3) is 0.714. The minimum absolute atomic E-state index is 0.00130. The molecule has 0 spiro atoms. The Hall–Kier alpha value is -8.06. The van der Waals surface area contributed by atoms with Gasteiger partial charge in [-0.05, 0) is 146 Å². The summed E-state index contributed by atoms with van der Waals surface area (Å²) in [5.74, 6) is -10.8. The molecule has 0 aliphatic rings. The van der Waals surface area contributed by atoms with Crippen molar-refractivity contribution in [1.29, 1.82) is 0 Å². The zero-order chi connectivity index (χ0) is 79.4. The van der Waals surface area contributed by atoms with Crippen LogP contribution in [0.15, 0.2) is 29.3 Å². The number of carbonyl (C=O) groups excluding carboxylic acids is 13. The van der Waals surface area contributed by atoms with Gasteiger partial charge in [-0.3, -0.25) is 67.3 Å². The SMILES string of the molecule is CCCCCCCCCCCCCCCC(=O)N[C@@H](CCSC)C(=O)NCC(=O)N[C@@H](Cc1ccc(O)cc1)C(=O)N[C@@H](CCC(N)=O)C(=O)N[C@@H](CCCCN)C(=O)N[C@@H](CCCCN)C(=O)N[C@@H](C)C(=O)N[C@@H](CCCN=C(N)N)C(=O)N[C@@H](CO)C(=O)N[C@@H](CCSC)C(=O)N[C@H](C(N)=O)[C@@H](C)O. The average Bonchev–Trinajstić information content (AvgIpc) is 0.874. The van der Waals surface area contributed by atoms with Gasteiger partial charge in [0, 0.05) is 25.8 Å². The van der Waals surface area contributed by atoms with Gasteiger partial charge in [0.2, 0.25) is 76.8 Å². The number of nitrogens with zero attached hydrogens (tertiary/aromatic N) is 1. The maximum atomic E-state index is 14.5. The molecule has 0 radical (unpaired) electrons. The predicted molar refractivity (Wildman–Crippen MR) is 408 cm³/mol. The summed E-state index contributed by atoms with van der Waals surface area (Å²) in [6, 6.07) is -8.71. The molecule has 11 atom stereocenters. The van der Waals surface area contributed by atoms with Crippen molar-refractivity contribution in [2.45, 2.75) is 261 Å². The number of phenols is 1. The molecule has 13 amide bonds. The van der Waals surface area contributed by atoms with E-state index in [0.29, 0.717) is 36.3 Å². The summed E-state index contributed by atoms with van der Waals surface area (Å²) in [4.78, 5) is 181. The van der Waals surface area contributed by atoms with Gasteiger partial charge in [0.05, 0.1) is 19.3 Å². The topological polar surface area (TPSA) is 583 Å². The number of nitrogens with two attached hydrogens (primary N) is 6. The first-order valence-electron chi connectivity index (χ1n) is 36.9. The second kappa shape index (κ2) is 57.2. The van der Waals surface area contributed by atoms with E-state index in [0.717, 1.165) is 25.7 Å². The van der Waals surface area contributed by atoms with Crippen molar-refractivity contribution in [3.63, 3.8) is 0 Å². The third-order valence-corrected chi connectivity index (χ3v) is 18.5. The molecular formula is C70H124N18O16S2. The Morgan fingerprint density at radius 1 is 0.443 bits per heavy atom. The lowest BCUT2D eigenvalue weighted by Gasteiger charge is -2.27. The lowest BCUT2D eigenvalue weighted by molar-refractivity contribution is -0.136. The second-order valence-corrected chi connectivity index (χ2v) is 28.3. The van der Waals surface area contributed by atoms with E-state index in [1.807, 2.05) is 6.26 Å². The molecule has 0 fully saturated rings. The van der Waals surface area contributed by atoms with E-state index in [-0.39, 0.29) is 101 Å². The number of aromatic hydroxyl groups is 1. The lowest BCUT2D eigenvalue weighted by Crippen LogP contribution is -2.61. The van der Waals surface area contributed by atoms with Crippen molar-refractivity contribution in [3.8, 4) is 5.75 Å². The van der Waals surface area contributed by atoms with Gasteiger partial charge in [-0.1, -0.05) is 96.1 Å². The second-order valence-electron chi connectivity index (χ2n) is 26.3. The van der Waals surface area contributed by atoms with Gasteiger partial charge in [0.25, 0.3) is 0 Å². The normalized spacial score (nSPS) is 14.2. The predicted octanol–water partition coefficient (Wildman–Crippen LogP) is -1.66. The third kappa shape index (κ3) is 42.9. The molecule has 34 nitrogen and oxygen atoms in total. The first-order chi connectivity index (χ1) is 50.5. The highest BCUT2D eigenvalue weighted by Gasteiger charge is 2.36. The van der Waals surface area contributed by atoms with Crippen molar-refractivity contribution >= 4 is 106 Å². The van der Waals surface area contributed by atoms with Crippen molar-refractivity contribution in [2.24, 2.45) is 39.4 Å². The largest absolute Gasteiger partial charge is 0.508 e. The maximum absolute atomic E-state index is 14.5. The number of carbonyl (C=O) groups is 13. The van der Waals surface area contributed by atoms with Gasteiger partial charge in [0.15, 0.2) is 5.96 Å². The van der Waals surface area contributed by atoms with Crippen LogP contribution in [0.4, 0.5) is 0 Å². The standard InChI is InChI=1S/C70H124N18O16S2/c1-6-7-8-9-10-11-12-13-14-15-16-17-18-27-57(93)80-52(34-39-105-4)62(97)78-42-58(94)81-54(41-46-28-30-47(91)31-29-46)68(103)85-51(32-33-56(73)92)66(101)84-49(25-20-22-37-72)64(99)83-48(24-19-21-36-71)63(98)79-44(2)61(96)82-50(26-23-38-77-70(75)76)65(100)87-55(43-89)69(104)86-53(35-40-106-5)67(102)88-59(45(3)90)60(74)95/h28-31,44-45,48-55,59,89-91H,6-27,32-43,71-72H2,1-5H3,(H2,73,92)(H2,74,95)(H,78,97)(H,79,98)(H,80,93)(H,81,94)(H,82,96)(H,83,99)(H,84,101)(H,85,103)(H,86,104)(H,87,100)(H,88,102)(H4,75,76,77)/t44-,45+,48-,49-,50-,51-,52-,53-,54-,55-,59-/m0/s1. The molecule has 36 heteroatoms. The summed E-state index contributed by atoms with van der Waals surface area (Å²) in [6.07, 6.45) is 17.5. The fourth-order valence-electron chi connectivity index (χ4n) is 11.0. The van der Waals surface area contributed by atoms with Gasteiger partial charge in [0.1, 0.15) is 66.2 Å². The fourth-order valence-corrected chi connectivity index (χ4v) is 11.9. The zero-order valence-electron chi connectivity index (χ0n) is 62.6. The molecule has 0 aliphatic heterocycles. The van der Waals surface area contributed by atoms with Crippen LogP contribution in [0.1, 0.15) is 193 Å². The molecule has 0 bridgehead atoms. The molecule has 0 saturated heterocycles. The molecule has 0 aromatic heterocycles. The van der Waals surface area contributed by atoms with Crippen LogP contribution in [-0.4, -0.2) is 221 Å². The van der Waals surface area contributed by atoms with Crippen LogP contribution in [0, 0.1) is 0 Å². The summed E-state index contributed by atoms with van der Waals surface area (Å²) in [7, 11) is 0. The van der Waals surface area contributed by atoms with E-state index in [4.69, 9.17) is 34.4 Å². The smallest absolute Gasteiger partial charge is 0.245 e. The third-order valence-electron chi connectivity index (χ3n) is 17.2. The Labute approximate surface area is 631 Å². The Morgan fingerprint density at radius 2 is 0.849 bits per heavy atom. The Bertz CT molecular complexity index is 2880. The zero-order valence-corrected chi connectivity index (χ0v) is 64.2. The number of benzene rings is 1. The minimum atomic E-state index is -1.72. The number of hydrogen-bond donors (Lipinski definition) is 20. The highest BCUT2D eigenvalue weighted by atomic mass is 32.2. The van der Waals surface area contributed by atoms with Gasteiger partial charge < -0.3 is 108 Å². The molecular weight excluding hydrogens is 1410 g/mol. The summed E-state index contributed by atoms with van der Waals surface area (Å²) in [5.41, 5.74) is 33.9. The maximum Gasteiger partial charge on any atom is 0.245 e. The first-order valence-corrected chi connectivity index (χ1v) is 39.7. The number of aliphatic hydroxyl groups excluding tert-OH is 2. The van der Waals surface area contributed by atoms with Crippen molar-refractivity contribution in [2.75, 3.05) is 56.8 Å².